The van der Waals surface area contributed by atoms with E-state index in [0.717, 1.165) is 36.1 Å². The van der Waals surface area contributed by atoms with Gasteiger partial charge in [-0.05, 0) is 59.7 Å². The Bertz CT molecular complexity index is 1040. The highest BCUT2D eigenvalue weighted by atomic mass is 32.1. The molecular formula is C26H28FN3O2S. The molecule has 0 spiro atoms. The van der Waals surface area contributed by atoms with Crippen molar-refractivity contribution in [3.05, 3.63) is 88.1 Å². The number of nitrogens with one attached hydrogen (secondary N) is 1. The number of carbonyl (C=O) groups excluding carboxylic acids is 2. The molecule has 4 rings (SSSR count). The molecule has 1 aromatic carbocycles. The van der Waals surface area contributed by atoms with E-state index in [4.69, 9.17) is 0 Å². The van der Waals surface area contributed by atoms with Crippen molar-refractivity contribution < 1.29 is 14.0 Å². The van der Waals surface area contributed by atoms with Crippen LogP contribution in [0, 0.1) is 5.82 Å². The second-order valence-corrected chi connectivity index (χ2v) is 9.46. The third kappa shape index (κ3) is 6.26. The Labute approximate surface area is 197 Å². The molecule has 0 bridgehead atoms. The van der Waals surface area contributed by atoms with Crippen molar-refractivity contribution in [2.24, 2.45) is 0 Å². The van der Waals surface area contributed by atoms with Crippen LogP contribution in [0.3, 0.4) is 0 Å². The molecule has 1 atom stereocenters. The molecule has 1 aliphatic carbocycles. The summed E-state index contributed by atoms with van der Waals surface area (Å²) >= 11 is 1.51. The molecule has 1 saturated carbocycles. The van der Waals surface area contributed by atoms with Crippen LogP contribution in [0.25, 0.3) is 0 Å². The zero-order valence-corrected chi connectivity index (χ0v) is 19.3. The summed E-state index contributed by atoms with van der Waals surface area (Å²) in [4.78, 5) is 33.8. The number of benzene rings is 1. The van der Waals surface area contributed by atoms with Gasteiger partial charge in [0.1, 0.15) is 11.9 Å². The maximum absolute atomic E-state index is 13.6. The van der Waals surface area contributed by atoms with E-state index in [9.17, 15) is 14.0 Å². The van der Waals surface area contributed by atoms with Gasteiger partial charge in [0, 0.05) is 29.9 Å². The molecule has 1 N–H and O–H groups in total. The number of hydrogen-bond acceptors (Lipinski definition) is 4. The van der Waals surface area contributed by atoms with Gasteiger partial charge in [0.15, 0.2) is 0 Å². The predicted octanol–water partition coefficient (Wildman–Crippen LogP) is 5.04. The minimum atomic E-state index is -0.799. The molecule has 0 saturated heterocycles. The van der Waals surface area contributed by atoms with Crippen molar-refractivity contribution in [2.45, 2.75) is 57.2 Å². The highest BCUT2D eigenvalue weighted by molar-refractivity contribution is 7.10. The molecule has 7 heteroatoms. The molecule has 0 aliphatic heterocycles. The highest BCUT2D eigenvalue weighted by Gasteiger charge is 2.33. The number of carbonyl (C=O) groups is 2. The minimum Gasteiger partial charge on any atom is -0.351 e. The summed E-state index contributed by atoms with van der Waals surface area (Å²) in [7, 11) is 0. The lowest BCUT2D eigenvalue weighted by Crippen LogP contribution is -2.47. The summed E-state index contributed by atoms with van der Waals surface area (Å²) in [6.07, 6.45) is 8.77. The van der Waals surface area contributed by atoms with Crippen LogP contribution in [0.4, 0.5) is 4.39 Å². The third-order valence-corrected chi connectivity index (χ3v) is 6.90. The first kappa shape index (κ1) is 23.1. The zero-order chi connectivity index (χ0) is 23.0. The fourth-order valence-corrected chi connectivity index (χ4v) is 5.02. The number of rotatable bonds is 8. The number of amides is 2. The van der Waals surface area contributed by atoms with E-state index in [0.29, 0.717) is 5.56 Å². The third-order valence-electron chi connectivity index (χ3n) is 6.03. The van der Waals surface area contributed by atoms with Crippen LogP contribution >= 0.6 is 11.3 Å². The summed E-state index contributed by atoms with van der Waals surface area (Å²) in [5.41, 5.74) is 1.47. The van der Waals surface area contributed by atoms with Gasteiger partial charge in [0.2, 0.25) is 11.8 Å². The van der Waals surface area contributed by atoms with Gasteiger partial charge in [-0.15, -0.1) is 11.3 Å². The highest BCUT2D eigenvalue weighted by Crippen LogP contribution is 2.27. The summed E-state index contributed by atoms with van der Waals surface area (Å²) in [6.45, 7) is 0.204. The van der Waals surface area contributed by atoms with Crippen molar-refractivity contribution >= 4 is 23.2 Å². The molecule has 0 unspecified atom stereocenters. The van der Waals surface area contributed by atoms with E-state index < -0.39 is 6.04 Å². The molecule has 1 aliphatic rings. The molecule has 3 aromatic rings. The van der Waals surface area contributed by atoms with Gasteiger partial charge in [-0.3, -0.25) is 14.6 Å². The summed E-state index contributed by atoms with van der Waals surface area (Å²) in [5.74, 6) is -0.673. The van der Waals surface area contributed by atoms with Crippen molar-refractivity contribution in [1.29, 1.82) is 0 Å². The van der Waals surface area contributed by atoms with Crippen LogP contribution < -0.4 is 5.32 Å². The van der Waals surface area contributed by atoms with E-state index in [-0.39, 0.29) is 36.6 Å². The average Bonchev–Trinajstić information content (AvgIpc) is 3.34. The number of aromatic nitrogens is 1. The van der Waals surface area contributed by atoms with E-state index in [1.165, 1.54) is 29.9 Å². The Hall–Kier alpha value is -3.06. The zero-order valence-electron chi connectivity index (χ0n) is 18.5. The van der Waals surface area contributed by atoms with Crippen molar-refractivity contribution in [2.75, 3.05) is 0 Å². The molecule has 0 radical (unpaired) electrons. The molecule has 172 valence electrons. The summed E-state index contributed by atoms with van der Waals surface area (Å²) in [6, 6.07) is 12.8. The molecule has 2 aromatic heterocycles. The van der Waals surface area contributed by atoms with Gasteiger partial charge < -0.3 is 10.2 Å². The van der Waals surface area contributed by atoms with Crippen LogP contribution in [0.15, 0.2) is 66.3 Å². The lowest BCUT2D eigenvalue weighted by Gasteiger charge is -2.33. The summed E-state index contributed by atoms with van der Waals surface area (Å²) in [5, 5.41) is 5.13. The number of thiophene rings is 1. The maximum atomic E-state index is 13.6. The standard InChI is InChI=1S/C26H28FN3O2S/c27-21-10-8-19(9-11-21)18-30(24(31)17-23-7-4-16-33-23)25(20-12-14-28-15-13-20)26(32)29-22-5-2-1-3-6-22/h4,7-16,22,25H,1-3,5-6,17-18H2,(H,29,32)/t25-/m0/s1. The first-order valence-corrected chi connectivity index (χ1v) is 12.2. The molecule has 2 heterocycles. The normalized spacial score (nSPS) is 15.1. The Morgan fingerprint density at radius 3 is 2.45 bits per heavy atom. The van der Waals surface area contributed by atoms with Crippen molar-refractivity contribution in [1.82, 2.24) is 15.2 Å². The van der Waals surface area contributed by atoms with E-state index in [1.807, 2.05) is 17.5 Å². The van der Waals surface area contributed by atoms with Crippen LogP contribution in [0.5, 0.6) is 0 Å². The minimum absolute atomic E-state index is 0.121. The topological polar surface area (TPSA) is 62.3 Å². The largest absolute Gasteiger partial charge is 0.351 e. The van der Waals surface area contributed by atoms with E-state index in [1.54, 1.807) is 41.6 Å². The smallest absolute Gasteiger partial charge is 0.247 e. The fraction of sp³-hybridized carbons (Fsp3) is 0.346. The van der Waals surface area contributed by atoms with Gasteiger partial charge in [0.25, 0.3) is 0 Å². The predicted molar refractivity (Wildman–Crippen MR) is 127 cm³/mol. The quantitative estimate of drug-likeness (QED) is 0.507. The molecule has 5 nitrogen and oxygen atoms in total. The second kappa shape index (κ2) is 11.2. The number of pyridine rings is 1. The lowest BCUT2D eigenvalue weighted by molar-refractivity contribution is -0.141. The molecule has 1 fully saturated rings. The van der Waals surface area contributed by atoms with Crippen LogP contribution in [0.2, 0.25) is 0 Å². The first-order chi connectivity index (χ1) is 16.1. The van der Waals surface area contributed by atoms with Gasteiger partial charge in [-0.2, -0.15) is 0 Å². The number of halogens is 1. The SMILES string of the molecule is O=C(NC1CCCCC1)[C@H](c1ccncc1)N(Cc1ccc(F)cc1)C(=O)Cc1cccs1. The fourth-order valence-electron chi connectivity index (χ4n) is 4.32. The summed E-state index contributed by atoms with van der Waals surface area (Å²) < 4.78 is 13.5. The number of hydrogen-bond donors (Lipinski definition) is 1. The molecule has 33 heavy (non-hydrogen) atoms. The van der Waals surface area contributed by atoms with E-state index >= 15 is 0 Å². The number of nitrogens with zero attached hydrogens (tertiary/aromatic N) is 2. The van der Waals surface area contributed by atoms with Gasteiger partial charge in [0.05, 0.1) is 6.42 Å². The monoisotopic (exact) mass is 465 g/mol. The Morgan fingerprint density at radius 1 is 1.06 bits per heavy atom. The molecular weight excluding hydrogens is 437 g/mol. The van der Waals surface area contributed by atoms with Crippen LogP contribution in [-0.4, -0.2) is 27.7 Å². The molecule has 2 amide bonds. The second-order valence-electron chi connectivity index (χ2n) is 8.43. The van der Waals surface area contributed by atoms with Crippen molar-refractivity contribution in [3.8, 4) is 0 Å². The first-order valence-electron chi connectivity index (χ1n) is 11.4. The Balaban J connectivity index is 1.66. The van der Waals surface area contributed by atoms with Crippen LogP contribution in [0.1, 0.15) is 54.1 Å². The Kier molecular flexibility index (Phi) is 7.83. The van der Waals surface area contributed by atoms with Gasteiger partial charge >= 0.3 is 0 Å². The van der Waals surface area contributed by atoms with Gasteiger partial charge in [-0.1, -0.05) is 37.5 Å². The Morgan fingerprint density at radius 2 is 1.79 bits per heavy atom. The maximum Gasteiger partial charge on any atom is 0.247 e. The van der Waals surface area contributed by atoms with E-state index in [2.05, 4.69) is 10.3 Å². The van der Waals surface area contributed by atoms with Crippen molar-refractivity contribution in [3.63, 3.8) is 0 Å². The van der Waals surface area contributed by atoms with Crippen LogP contribution in [-0.2, 0) is 22.6 Å². The lowest BCUT2D eigenvalue weighted by atomic mass is 9.94. The average molecular weight is 466 g/mol. The van der Waals surface area contributed by atoms with Gasteiger partial charge in [-0.25, -0.2) is 4.39 Å².